The third-order valence-electron chi connectivity index (χ3n) is 3.18. The molecule has 9 heteroatoms. The third-order valence-corrected chi connectivity index (χ3v) is 5.32. The van der Waals surface area contributed by atoms with Crippen LogP contribution in [0.25, 0.3) is 0 Å². The highest BCUT2D eigenvalue weighted by molar-refractivity contribution is 7.92. The molecule has 0 spiro atoms. The molecular formula is C12H19N3O4S2. The second-order valence-electron chi connectivity index (χ2n) is 5.27. The summed E-state index contributed by atoms with van der Waals surface area (Å²) in [5.41, 5.74) is 0.331. The molecular weight excluding hydrogens is 314 g/mol. The zero-order chi connectivity index (χ0) is 15.7. The molecule has 1 heterocycles. The lowest BCUT2D eigenvalue weighted by atomic mass is 10.3. The molecule has 0 unspecified atom stereocenters. The van der Waals surface area contributed by atoms with Crippen LogP contribution in [0.1, 0.15) is 6.42 Å². The van der Waals surface area contributed by atoms with E-state index in [4.69, 9.17) is 0 Å². The van der Waals surface area contributed by atoms with Gasteiger partial charge in [0.1, 0.15) is 0 Å². The monoisotopic (exact) mass is 333 g/mol. The molecule has 0 radical (unpaired) electrons. The smallest absolute Gasteiger partial charge is 0.240 e. The maximum Gasteiger partial charge on any atom is 0.240 e. The summed E-state index contributed by atoms with van der Waals surface area (Å²) in [5.74, 6) is 0. The molecule has 1 aromatic carbocycles. The highest BCUT2D eigenvalue weighted by atomic mass is 32.2. The van der Waals surface area contributed by atoms with E-state index in [0.29, 0.717) is 12.2 Å². The second-order valence-corrected chi connectivity index (χ2v) is 8.73. The van der Waals surface area contributed by atoms with Crippen molar-refractivity contribution in [2.75, 3.05) is 31.1 Å². The number of sulfonamides is 2. The zero-order valence-corrected chi connectivity index (χ0v) is 13.5. The standard InChI is InChI=1S/C12H19N3O4S2/c1-15-8-7-11(9-15)14-21(18,19)12-5-3-10(4-6-12)13-20(2,16)17/h3-6,11,13-14H,7-9H2,1-2H3/t11-/m1/s1. The zero-order valence-electron chi connectivity index (χ0n) is 11.9. The molecule has 2 rings (SSSR count). The summed E-state index contributed by atoms with van der Waals surface area (Å²) in [4.78, 5) is 2.18. The van der Waals surface area contributed by atoms with Crippen molar-refractivity contribution >= 4 is 25.7 Å². The molecule has 21 heavy (non-hydrogen) atoms. The number of rotatable bonds is 5. The molecule has 0 aliphatic carbocycles. The highest BCUT2D eigenvalue weighted by Gasteiger charge is 2.25. The number of nitrogens with zero attached hydrogens (tertiary/aromatic N) is 1. The first-order valence-electron chi connectivity index (χ1n) is 6.44. The normalized spacial score (nSPS) is 20.6. The number of benzene rings is 1. The van der Waals surface area contributed by atoms with Crippen LogP contribution >= 0.6 is 0 Å². The fraction of sp³-hybridized carbons (Fsp3) is 0.500. The number of hydrogen-bond acceptors (Lipinski definition) is 5. The predicted molar refractivity (Wildman–Crippen MR) is 81.1 cm³/mol. The quantitative estimate of drug-likeness (QED) is 0.793. The molecule has 1 aliphatic rings. The van der Waals surface area contributed by atoms with Crippen LogP contribution in [0.15, 0.2) is 29.2 Å². The van der Waals surface area contributed by atoms with Crippen LogP contribution in [0.2, 0.25) is 0 Å². The average Bonchev–Trinajstić information content (AvgIpc) is 2.72. The Labute approximate surface area is 125 Å². The van der Waals surface area contributed by atoms with Gasteiger partial charge < -0.3 is 4.90 Å². The molecule has 0 bridgehead atoms. The average molecular weight is 333 g/mol. The largest absolute Gasteiger partial charge is 0.305 e. The fourth-order valence-electron chi connectivity index (χ4n) is 2.23. The van der Waals surface area contributed by atoms with Crippen LogP contribution in [0.4, 0.5) is 5.69 Å². The summed E-state index contributed by atoms with van der Waals surface area (Å²) in [5, 5.41) is 0. The van der Waals surface area contributed by atoms with Crippen LogP contribution in [0.3, 0.4) is 0 Å². The lowest BCUT2D eigenvalue weighted by Crippen LogP contribution is -2.36. The molecule has 0 saturated carbocycles. The van der Waals surface area contributed by atoms with Gasteiger partial charge in [-0.1, -0.05) is 0 Å². The van der Waals surface area contributed by atoms with Gasteiger partial charge in [0.15, 0.2) is 0 Å². The summed E-state index contributed by atoms with van der Waals surface area (Å²) < 4.78 is 51.6. The molecule has 2 N–H and O–H groups in total. The minimum atomic E-state index is -3.58. The second kappa shape index (κ2) is 5.91. The predicted octanol–water partition coefficient (Wildman–Crippen LogP) is 0.0405. The minimum Gasteiger partial charge on any atom is -0.305 e. The van der Waals surface area contributed by atoms with Crippen molar-refractivity contribution in [2.45, 2.75) is 17.4 Å². The maximum absolute atomic E-state index is 12.2. The van der Waals surface area contributed by atoms with Gasteiger partial charge in [-0.15, -0.1) is 0 Å². The SMILES string of the molecule is CN1CC[C@@H](NS(=O)(=O)c2ccc(NS(C)(=O)=O)cc2)C1. The van der Waals surface area contributed by atoms with Gasteiger partial charge in [-0.05, 0) is 44.3 Å². The Morgan fingerprint density at radius 1 is 1.14 bits per heavy atom. The summed E-state index contributed by atoms with van der Waals surface area (Å²) in [7, 11) is -5.01. The molecule has 7 nitrogen and oxygen atoms in total. The fourth-order valence-corrected chi connectivity index (χ4v) is 4.06. The van der Waals surface area contributed by atoms with Crippen molar-refractivity contribution in [3.05, 3.63) is 24.3 Å². The Bertz CT molecular complexity index is 699. The van der Waals surface area contributed by atoms with Gasteiger partial charge in [0, 0.05) is 18.3 Å². The lowest BCUT2D eigenvalue weighted by Gasteiger charge is -2.13. The first kappa shape index (κ1) is 16.2. The van der Waals surface area contributed by atoms with E-state index in [0.717, 1.165) is 19.2 Å². The van der Waals surface area contributed by atoms with E-state index in [2.05, 4.69) is 14.3 Å². The van der Waals surface area contributed by atoms with E-state index in [1.807, 2.05) is 7.05 Å². The Balaban J connectivity index is 2.10. The number of nitrogens with one attached hydrogen (secondary N) is 2. The van der Waals surface area contributed by atoms with Crippen LogP contribution in [-0.4, -0.2) is 54.2 Å². The van der Waals surface area contributed by atoms with Crippen molar-refractivity contribution in [1.82, 2.24) is 9.62 Å². The van der Waals surface area contributed by atoms with Gasteiger partial charge in [-0.3, -0.25) is 4.72 Å². The molecule has 1 saturated heterocycles. The Morgan fingerprint density at radius 2 is 1.76 bits per heavy atom. The first-order valence-corrected chi connectivity index (χ1v) is 9.82. The minimum absolute atomic E-state index is 0.0891. The summed E-state index contributed by atoms with van der Waals surface area (Å²) in [6.45, 7) is 1.55. The van der Waals surface area contributed by atoms with E-state index in [9.17, 15) is 16.8 Å². The lowest BCUT2D eigenvalue weighted by molar-refractivity contribution is 0.407. The van der Waals surface area contributed by atoms with E-state index >= 15 is 0 Å². The van der Waals surface area contributed by atoms with Gasteiger partial charge >= 0.3 is 0 Å². The maximum atomic E-state index is 12.2. The molecule has 0 amide bonds. The Kier molecular flexibility index (Phi) is 4.57. The molecule has 0 aromatic heterocycles. The highest BCUT2D eigenvalue weighted by Crippen LogP contribution is 2.16. The topological polar surface area (TPSA) is 95.6 Å². The Hall–Kier alpha value is -1.16. The van der Waals surface area contributed by atoms with Gasteiger partial charge in [0.25, 0.3) is 0 Å². The Morgan fingerprint density at radius 3 is 2.24 bits per heavy atom. The van der Waals surface area contributed by atoms with Crippen LogP contribution in [0, 0.1) is 0 Å². The number of anilines is 1. The molecule has 1 atom stereocenters. The summed E-state index contributed by atoms with van der Waals surface area (Å²) >= 11 is 0. The van der Waals surface area contributed by atoms with E-state index in [-0.39, 0.29) is 10.9 Å². The first-order chi connectivity index (χ1) is 9.66. The molecule has 1 fully saturated rings. The van der Waals surface area contributed by atoms with Gasteiger partial charge in [0.2, 0.25) is 20.0 Å². The van der Waals surface area contributed by atoms with Crippen molar-refractivity contribution in [2.24, 2.45) is 0 Å². The van der Waals surface area contributed by atoms with Gasteiger partial charge in [-0.2, -0.15) is 0 Å². The van der Waals surface area contributed by atoms with Crippen molar-refractivity contribution < 1.29 is 16.8 Å². The van der Waals surface area contributed by atoms with E-state index in [1.54, 1.807) is 0 Å². The van der Waals surface area contributed by atoms with Crippen molar-refractivity contribution in [1.29, 1.82) is 0 Å². The molecule has 1 aromatic rings. The summed E-state index contributed by atoms with van der Waals surface area (Å²) in [6.07, 6.45) is 1.82. The summed E-state index contributed by atoms with van der Waals surface area (Å²) in [6, 6.07) is 5.53. The molecule has 118 valence electrons. The van der Waals surface area contributed by atoms with Gasteiger partial charge in [0.05, 0.1) is 11.2 Å². The van der Waals surface area contributed by atoms with E-state index < -0.39 is 20.0 Å². The van der Waals surface area contributed by atoms with Gasteiger partial charge in [-0.25, -0.2) is 21.6 Å². The van der Waals surface area contributed by atoms with Crippen molar-refractivity contribution in [3.8, 4) is 0 Å². The van der Waals surface area contributed by atoms with Crippen LogP contribution < -0.4 is 9.44 Å². The van der Waals surface area contributed by atoms with E-state index in [1.165, 1.54) is 24.3 Å². The number of hydrogen-bond donors (Lipinski definition) is 2. The number of likely N-dealkylation sites (N-methyl/N-ethyl adjacent to an activating group) is 1. The number of likely N-dealkylation sites (tertiary alicyclic amines) is 1. The third kappa shape index (κ3) is 4.67. The molecule has 1 aliphatic heterocycles. The van der Waals surface area contributed by atoms with Crippen LogP contribution in [-0.2, 0) is 20.0 Å². The van der Waals surface area contributed by atoms with Crippen molar-refractivity contribution in [3.63, 3.8) is 0 Å². The van der Waals surface area contributed by atoms with Crippen LogP contribution in [0.5, 0.6) is 0 Å².